The molecule has 0 aliphatic rings. The van der Waals surface area contributed by atoms with Crippen LogP contribution in [-0.4, -0.2) is 29.2 Å². The molecule has 0 aromatic heterocycles. The third-order valence-corrected chi connectivity index (χ3v) is 16.8. The Morgan fingerprint density at radius 2 is 0.970 bits per heavy atom. The first kappa shape index (κ1) is 32.9. The molecular weight excluding hydrogens is 440 g/mol. The number of hydrogen-bond acceptors (Lipinski definition) is 3. The van der Waals surface area contributed by atoms with Crippen LogP contribution in [-0.2, 0) is 13.6 Å². The average molecular weight is 501 g/mol. The summed E-state index contributed by atoms with van der Waals surface area (Å²) in [6.45, 7) is 13.8. The van der Waals surface area contributed by atoms with Gasteiger partial charge in [0.15, 0.2) is 16.6 Å². The third kappa shape index (κ3) is 19.8. The van der Waals surface area contributed by atoms with Crippen molar-refractivity contribution in [3.8, 4) is 0 Å². The molecule has 0 rings (SSSR count). The maximum Gasteiger partial charge on any atom is 0.302 e. The number of carbonyl (C=O) groups excluding carboxylic acids is 1. The van der Waals surface area contributed by atoms with E-state index in [9.17, 15) is 4.79 Å². The molecule has 0 amide bonds. The molecule has 0 fully saturated rings. The highest BCUT2D eigenvalue weighted by atomic mass is 28.4. The van der Waals surface area contributed by atoms with Crippen LogP contribution in [0.15, 0.2) is 0 Å². The monoisotopic (exact) mass is 500 g/mol. The van der Waals surface area contributed by atoms with E-state index in [0.717, 1.165) is 12.1 Å². The van der Waals surface area contributed by atoms with Gasteiger partial charge in [0.25, 0.3) is 0 Å². The van der Waals surface area contributed by atoms with Crippen molar-refractivity contribution in [1.82, 2.24) is 0 Å². The van der Waals surface area contributed by atoms with Crippen molar-refractivity contribution < 1.29 is 13.6 Å². The lowest BCUT2D eigenvalue weighted by molar-refractivity contribution is -0.140. The van der Waals surface area contributed by atoms with Crippen LogP contribution in [0.3, 0.4) is 0 Å². The van der Waals surface area contributed by atoms with Gasteiger partial charge in [0.2, 0.25) is 0 Å². The number of rotatable bonds is 24. The van der Waals surface area contributed by atoms with E-state index in [1.54, 1.807) is 0 Å². The Kier molecular flexibility index (Phi) is 21.1. The second-order valence-electron chi connectivity index (χ2n) is 10.9. The summed E-state index contributed by atoms with van der Waals surface area (Å²) >= 11 is 0. The third-order valence-electron chi connectivity index (χ3n) is 7.30. The van der Waals surface area contributed by atoms with Crippen molar-refractivity contribution in [2.45, 2.75) is 168 Å². The van der Waals surface area contributed by atoms with Gasteiger partial charge in [-0.3, -0.25) is 4.79 Å². The molecule has 198 valence electrons. The molecule has 0 saturated carbocycles. The molecule has 2 atom stereocenters. The number of ether oxygens (including phenoxy) is 1. The van der Waals surface area contributed by atoms with Crippen LogP contribution in [0.25, 0.3) is 0 Å². The van der Waals surface area contributed by atoms with Gasteiger partial charge in [0.1, 0.15) is 0 Å². The fourth-order valence-corrected chi connectivity index (χ4v) is 14.5. The molecule has 0 heterocycles. The lowest BCUT2D eigenvalue weighted by atomic mass is 10.1. The second kappa shape index (κ2) is 21.2. The molecule has 5 heteroatoms. The SMILES string of the molecule is CCCCCCCCCCCC[Si](C)(CCCCCCCC)O[Si](C)(CC)CCOC(C)=O. The van der Waals surface area contributed by atoms with Gasteiger partial charge in [-0.05, 0) is 37.3 Å². The summed E-state index contributed by atoms with van der Waals surface area (Å²) in [6, 6.07) is 4.69. The molecule has 0 aliphatic heterocycles. The Bertz CT molecular complexity index is 460. The van der Waals surface area contributed by atoms with Crippen molar-refractivity contribution in [2.24, 2.45) is 0 Å². The van der Waals surface area contributed by atoms with Crippen molar-refractivity contribution in [3.63, 3.8) is 0 Å². The number of esters is 1. The molecule has 0 bridgehead atoms. The minimum Gasteiger partial charge on any atom is -0.466 e. The highest BCUT2D eigenvalue weighted by Crippen LogP contribution is 2.31. The Labute approximate surface area is 210 Å². The van der Waals surface area contributed by atoms with E-state index in [1.807, 2.05) is 0 Å². The van der Waals surface area contributed by atoms with Crippen molar-refractivity contribution in [2.75, 3.05) is 6.61 Å². The van der Waals surface area contributed by atoms with Gasteiger partial charge in [-0.2, -0.15) is 0 Å². The van der Waals surface area contributed by atoms with Gasteiger partial charge >= 0.3 is 5.97 Å². The Hall–Kier alpha value is -0.136. The number of carbonyl (C=O) groups is 1. The van der Waals surface area contributed by atoms with Crippen LogP contribution in [0.2, 0.25) is 37.3 Å². The van der Waals surface area contributed by atoms with Crippen LogP contribution >= 0.6 is 0 Å². The minimum atomic E-state index is -1.82. The summed E-state index contributed by atoms with van der Waals surface area (Å²) in [5.41, 5.74) is 0. The van der Waals surface area contributed by atoms with Crippen molar-refractivity contribution in [3.05, 3.63) is 0 Å². The Morgan fingerprint density at radius 3 is 1.33 bits per heavy atom. The summed E-state index contributed by atoms with van der Waals surface area (Å²) in [5.74, 6) is -0.167. The maximum atomic E-state index is 11.2. The topological polar surface area (TPSA) is 35.5 Å². The highest BCUT2D eigenvalue weighted by Gasteiger charge is 2.37. The molecule has 0 spiro atoms. The first-order chi connectivity index (χ1) is 15.8. The summed E-state index contributed by atoms with van der Waals surface area (Å²) in [4.78, 5) is 11.2. The van der Waals surface area contributed by atoms with Gasteiger partial charge < -0.3 is 8.85 Å². The molecule has 3 nitrogen and oxygen atoms in total. The van der Waals surface area contributed by atoms with Gasteiger partial charge in [0.05, 0.1) is 6.61 Å². The summed E-state index contributed by atoms with van der Waals surface area (Å²) in [5, 5.41) is 0. The van der Waals surface area contributed by atoms with Crippen molar-refractivity contribution >= 4 is 22.6 Å². The van der Waals surface area contributed by atoms with Gasteiger partial charge in [0, 0.05) is 6.92 Å². The van der Waals surface area contributed by atoms with Gasteiger partial charge in [-0.25, -0.2) is 0 Å². The van der Waals surface area contributed by atoms with E-state index < -0.39 is 16.6 Å². The normalized spacial score (nSPS) is 15.2. The van der Waals surface area contributed by atoms with Crippen LogP contribution in [0.5, 0.6) is 0 Å². The lowest BCUT2D eigenvalue weighted by Crippen LogP contribution is -2.48. The Morgan fingerprint density at radius 1 is 0.576 bits per heavy atom. The predicted octanol–water partition coefficient (Wildman–Crippen LogP) is 10.0. The quantitative estimate of drug-likeness (QED) is 0.0751. The maximum absolute atomic E-state index is 11.2. The molecule has 0 N–H and O–H groups in total. The molecule has 0 aliphatic carbocycles. The van der Waals surface area contributed by atoms with Crippen LogP contribution in [0.1, 0.15) is 130 Å². The number of hydrogen-bond donors (Lipinski definition) is 0. The number of unbranched alkanes of at least 4 members (excludes halogenated alkanes) is 14. The second-order valence-corrected chi connectivity index (χ2v) is 19.7. The zero-order valence-corrected chi connectivity index (χ0v) is 25.6. The predicted molar refractivity (Wildman–Crippen MR) is 151 cm³/mol. The molecule has 2 unspecified atom stereocenters. The first-order valence-electron chi connectivity index (χ1n) is 14.6. The first-order valence-corrected chi connectivity index (χ1v) is 20.3. The van der Waals surface area contributed by atoms with E-state index in [0.29, 0.717) is 6.61 Å². The molecule has 0 saturated heterocycles. The van der Waals surface area contributed by atoms with E-state index >= 15 is 0 Å². The fraction of sp³-hybridized carbons (Fsp3) is 0.964. The van der Waals surface area contributed by atoms with Crippen LogP contribution in [0.4, 0.5) is 0 Å². The van der Waals surface area contributed by atoms with E-state index in [-0.39, 0.29) is 5.97 Å². The molecule has 33 heavy (non-hydrogen) atoms. The van der Waals surface area contributed by atoms with Crippen LogP contribution < -0.4 is 0 Å². The fourth-order valence-electron chi connectivity index (χ4n) is 4.80. The van der Waals surface area contributed by atoms with E-state index in [2.05, 4.69) is 33.9 Å². The van der Waals surface area contributed by atoms with Crippen LogP contribution in [0, 0.1) is 0 Å². The molecular formula is C28H60O3Si2. The molecule has 0 radical (unpaired) electrons. The highest BCUT2D eigenvalue weighted by molar-refractivity contribution is 6.86. The summed E-state index contributed by atoms with van der Waals surface area (Å²) < 4.78 is 12.4. The molecule has 0 aromatic carbocycles. The molecule has 0 aromatic rings. The average Bonchev–Trinajstić information content (AvgIpc) is 2.77. The zero-order chi connectivity index (χ0) is 24.8. The Balaban J connectivity index is 4.53. The van der Waals surface area contributed by atoms with E-state index in [4.69, 9.17) is 8.85 Å². The van der Waals surface area contributed by atoms with E-state index in [1.165, 1.54) is 122 Å². The minimum absolute atomic E-state index is 0.167. The smallest absolute Gasteiger partial charge is 0.302 e. The van der Waals surface area contributed by atoms with Gasteiger partial charge in [-0.1, -0.05) is 124 Å². The van der Waals surface area contributed by atoms with Crippen molar-refractivity contribution in [1.29, 1.82) is 0 Å². The lowest BCUT2D eigenvalue weighted by Gasteiger charge is -2.38. The standard InChI is InChI=1S/C28H60O3Si2/c1-7-10-12-14-16-17-18-19-21-23-26-33(6,25-22-20-15-13-11-8-2)31-32(5,9-3)27-24-30-28(4)29/h7-27H2,1-6H3. The largest absolute Gasteiger partial charge is 0.466 e. The summed E-state index contributed by atoms with van der Waals surface area (Å²) in [6.07, 6.45) is 22.1. The summed E-state index contributed by atoms with van der Waals surface area (Å²) in [7, 11) is -3.54. The zero-order valence-electron chi connectivity index (χ0n) is 23.6. The van der Waals surface area contributed by atoms with Gasteiger partial charge in [-0.15, -0.1) is 0 Å².